The molecular formula is C11H18N2. The molecule has 0 aliphatic rings. The summed E-state index contributed by atoms with van der Waals surface area (Å²) in [5, 5.41) is 3.07. The van der Waals surface area contributed by atoms with Crippen LogP contribution in [0.5, 0.6) is 0 Å². The van der Waals surface area contributed by atoms with Crippen LogP contribution >= 0.6 is 0 Å². The summed E-state index contributed by atoms with van der Waals surface area (Å²) in [6, 6.07) is 0. The standard InChI is InChI=1S/C11H18N2/c1-4-6-8-11(9-7-5-2)13-10-12-3/h4,7-10H,1,5-6H2,2-3H3,(H,12,13)/b9-7-,11-8?. The highest BCUT2D eigenvalue weighted by molar-refractivity contribution is 5.58. The quantitative estimate of drug-likeness (QED) is 0.287. The summed E-state index contributed by atoms with van der Waals surface area (Å²) in [6.45, 7) is 5.77. The average Bonchev–Trinajstić information content (AvgIpc) is 2.17. The highest BCUT2D eigenvalue weighted by Gasteiger charge is 1.85. The predicted molar refractivity (Wildman–Crippen MR) is 59.9 cm³/mol. The number of hydrogen-bond acceptors (Lipinski definition) is 1. The Hall–Kier alpha value is -1.31. The molecule has 0 aromatic rings. The Bertz CT molecular complexity index is 212. The van der Waals surface area contributed by atoms with Gasteiger partial charge in [0.15, 0.2) is 0 Å². The Morgan fingerprint density at radius 3 is 2.85 bits per heavy atom. The molecule has 0 aromatic carbocycles. The van der Waals surface area contributed by atoms with Crippen molar-refractivity contribution in [3.63, 3.8) is 0 Å². The lowest BCUT2D eigenvalue weighted by atomic mass is 10.3. The van der Waals surface area contributed by atoms with Gasteiger partial charge in [0.25, 0.3) is 0 Å². The van der Waals surface area contributed by atoms with Crippen molar-refractivity contribution in [3.8, 4) is 0 Å². The van der Waals surface area contributed by atoms with Crippen molar-refractivity contribution < 1.29 is 0 Å². The minimum Gasteiger partial charge on any atom is -0.347 e. The molecular weight excluding hydrogens is 160 g/mol. The summed E-state index contributed by atoms with van der Waals surface area (Å²) in [5.41, 5.74) is 1.06. The number of nitrogens with zero attached hydrogens (tertiary/aromatic N) is 1. The lowest BCUT2D eigenvalue weighted by Crippen LogP contribution is -2.08. The molecule has 0 atom stereocenters. The van der Waals surface area contributed by atoms with E-state index < -0.39 is 0 Å². The van der Waals surface area contributed by atoms with E-state index in [9.17, 15) is 0 Å². The first kappa shape index (κ1) is 11.7. The van der Waals surface area contributed by atoms with Crippen LogP contribution in [0.25, 0.3) is 0 Å². The fourth-order valence-corrected chi connectivity index (χ4v) is 0.769. The van der Waals surface area contributed by atoms with Gasteiger partial charge in [-0.2, -0.15) is 0 Å². The van der Waals surface area contributed by atoms with Gasteiger partial charge in [0.1, 0.15) is 0 Å². The topological polar surface area (TPSA) is 24.4 Å². The van der Waals surface area contributed by atoms with Crippen molar-refractivity contribution in [1.82, 2.24) is 5.32 Å². The van der Waals surface area contributed by atoms with Gasteiger partial charge in [-0.05, 0) is 18.9 Å². The third-order valence-electron chi connectivity index (χ3n) is 1.40. The Labute approximate surface area is 80.8 Å². The van der Waals surface area contributed by atoms with Crippen LogP contribution in [0.3, 0.4) is 0 Å². The van der Waals surface area contributed by atoms with E-state index in [1.807, 2.05) is 12.2 Å². The van der Waals surface area contributed by atoms with Crippen molar-refractivity contribution in [2.24, 2.45) is 4.99 Å². The van der Waals surface area contributed by atoms with Crippen LogP contribution in [0.15, 0.2) is 41.6 Å². The molecule has 0 unspecified atom stereocenters. The molecule has 0 saturated heterocycles. The van der Waals surface area contributed by atoms with E-state index in [4.69, 9.17) is 0 Å². The van der Waals surface area contributed by atoms with E-state index in [2.05, 4.69) is 36.0 Å². The summed E-state index contributed by atoms with van der Waals surface area (Å²) in [6.07, 6.45) is 11.7. The molecule has 2 nitrogen and oxygen atoms in total. The molecule has 0 bridgehead atoms. The first-order valence-corrected chi connectivity index (χ1v) is 4.49. The SMILES string of the molecule is C=CCC=C(/C=C\CC)NC=NC. The number of rotatable bonds is 6. The maximum atomic E-state index is 3.85. The van der Waals surface area contributed by atoms with E-state index in [-0.39, 0.29) is 0 Å². The Kier molecular flexibility index (Phi) is 7.90. The number of allylic oxidation sites excluding steroid dienone is 4. The zero-order valence-electron chi connectivity index (χ0n) is 8.46. The van der Waals surface area contributed by atoms with Crippen molar-refractivity contribution in [2.45, 2.75) is 19.8 Å². The van der Waals surface area contributed by atoms with Crippen LogP contribution in [0.1, 0.15) is 19.8 Å². The molecule has 0 aliphatic heterocycles. The molecule has 0 spiro atoms. The second kappa shape index (κ2) is 8.78. The van der Waals surface area contributed by atoms with E-state index in [0.717, 1.165) is 18.5 Å². The lowest BCUT2D eigenvalue weighted by molar-refractivity contribution is 1.14. The minimum atomic E-state index is 0.869. The molecule has 0 heterocycles. The van der Waals surface area contributed by atoms with Gasteiger partial charge in [-0.15, -0.1) is 6.58 Å². The normalized spacial score (nSPS) is 12.6. The van der Waals surface area contributed by atoms with Crippen LogP contribution < -0.4 is 5.32 Å². The van der Waals surface area contributed by atoms with E-state index >= 15 is 0 Å². The summed E-state index contributed by atoms with van der Waals surface area (Å²) in [7, 11) is 1.74. The van der Waals surface area contributed by atoms with Crippen LogP contribution in [0.4, 0.5) is 0 Å². The maximum Gasteiger partial charge on any atom is 0.0864 e. The van der Waals surface area contributed by atoms with Crippen molar-refractivity contribution >= 4 is 6.34 Å². The van der Waals surface area contributed by atoms with Gasteiger partial charge in [0.2, 0.25) is 0 Å². The largest absolute Gasteiger partial charge is 0.347 e. The summed E-state index contributed by atoms with van der Waals surface area (Å²) >= 11 is 0. The van der Waals surface area contributed by atoms with Gasteiger partial charge >= 0.3 is 0 Å². The molecule has 0 aliphatic carbocycles. The van der Waals surface area contributed by atoms with Crippen molar-refractivity contribution in [2.75, 3.05) is 7.05 Å². The number of aliphatic imine (C=N–C) groups is 1. The van der Waals surface area contributed by atoms with Crippen LogP contribution in [0, 0.1) is 0 Å². The smallest absolute Gasteiger partial charge is 0.0864 e. The maximum absolute atomic E-state index is 3.85. The molecule has 2 heteroatoms. The third-order valence-corrected chi connectivity index (χ3v) is 1.40. The lowest BCUT2D eigenvalue weighted by Gasteiger charge is -1.99. The third kappa shape index (κ3) is 7.06. The monoisotopic (exact) mass is 178 g/mol. The molecule has 1 N–H and O–H groups in total. The number of nitrogens with one attached hydrogen (secondary N) is 1. The Balaban J connectivity index is 4.17. The van der Waals surface area contributed by atoms with Gasteiger partial charge in [-0.25, -0.2) is 0 Å². The molecule has 0 saturated carbocycles. The van der Waals surface area contributed by atoms with Crippen LogP contribution in [-0.2, 0) is 0 Å². The van der Waals surface area contributed by atoms with Crippen LogP contribution in [0.2, 0.25) is 0 Å². The Morgan fingerprint density at radius 2 is 2.31 bits per heavy atom. The van der Waals surface area contributed by atoms with Gasteiger partial charge in [-0.3, -0.25) is 4.99 Å². The fourth-order valence-electron chi connectivity index (χ4n) is 0.769. The van der Waals surface area contributed by atoms with Gasteiger partial charge < -0.3 is 5.32 Å². The molecule has 0 rings (SSSR count). The second-order valence-corrected chi connectivity index (χ2v) is 2.53. The van der Waals surface area contributed by atoms with Gasteiger partial charge in [0, 0.05) is 12.7 Å². The van der Waals surface area contributed by atoms with E-state index in [0.29, 0.717) is 0 Å². The second-order valence-electron chi connectivity index (χ2n) is 2.53. The molecule has 0 aromatic heterocycles. The summed E-state index contributed by atoms with van der Waals surface area (Å²) in [4.78, 5) is 3.85. The van der Waals surface area contributed by atoms with Gasteiger partial charge in [-0.1, -0.05) is 25.2 Å². The van der Waals surface area contributed by atoms with Gasteiger partial charge in [0.05, 0.1) is 6.34 Å². The fraction of sp³-hybridized carbons (Fsp3) is 0.364. The summed E-state index contributed by atoms with van der Waals surface area (Å²) < 4.78 is 0. The van der Waals surface area contributed by atoms with E-state index in [1.165, 1.54) is 0 Å². The molecule has 0 amide bonds. The zero-order chi connectivity index (χ0) is 9.94. The molecule has 72 valence electrons. The first-order valence-electron chi connectivity index (χ1n) is 4.49. The molecule has 0 fully saturated rings. The minimum absolute atomic E-state index is 0.869. The van der Waals surface area contributed by atoms with Crippen molar-refractivity contribution in [3.05, 3.63) is 36.6 Å². The number of hydrogen-bond donors (Lipinski definition) is 1. The first-order chi connectivity index (χ1) is 6.35. The Morgan fingerprint density at radius 1 is 1.54 bits per heavy atom. The molecule has 0 radical (unpaired) electrons. The highest BCUT2D eigenvalue weighted by Crippen LogP contribution is 1.95. The average molecular weight is 178 g/mol. The van der Waals surface area contributed by atoms with Crippen molar-refractivity contribution in [1.29, 1.82) is 0 Å². The van der Waals surface area contributed by atoms with Crippen LogP contribution in [-0.4, -0.2) is 13.4 Å². The zero-order valence-corrected chi connectivity index (χ0v) is 8.46. The predicted octanol–water partition coefficient (Wildman–Crippen LogP) is 2.66. The van der Waals surface area contributed by atoms with E-state index in [1.54, 1.807) is 13.4 Å². The highest BCUT2D eigenvalue weighted by atomic mass is 14.9. The molecule has 13 heavy (non-hydrogen) atoms. The summed E-state index contributed by atoms with van der Waals surface area (Å²) in [5.74, 6) is 0.